The maximum absolute atomic E-state index is 12.5. The zero-order chi connectivity index (χ0) is 19.8. The number of amides is 1. The van der Waals surface area contributed by atoms with E-state index in [-0.39, 0.29) is 11.8 Å². The molecule has 1 aromatic heterocycles. The van der Waals surface area contributed by atoms with E-state index in [0.29, 0.717) is 13.1 Å². The molecule has 0 radical (unpaired) electrons. The van der Waals surface area contributed by atoms with Gasteiger partial charge in [-0.15, -0.1) is 0 Å². The lowest BCUT2D eigenvalue weighted by Gasteiger charge is -2.28. The van der Waals surface area contributed by atoms with Crippen molar-refractivity contribution in [2.45, 2.75) is 45.4 Å². The molecule has 3 rings (SSSR count). The summed E-state index contributed by atoms with van der Waals surface area (Å²) in [5.41, 5.74) is 1.06. The fraction of sp³-hybridized carbons (Fsp3) is 0.500. The van der Waals surface area contributed by atoms with Crippen LogP contribution in [0.25, 0.3) is 0 Å². The molecular weight excluding hydrogens is 350 g/mol. The molecule has 150 valence electrons. The maximum Gasteiger partial charge on any atom is 0.227 e. The van der Waals surface area contributed by atoms with E-state index in [1.54, 1.807) is 0 Å². The summed E-state index contributed by atoms with van der Waals surface area (Å²) in [5, 5.41) is 6.36. The Kier molecular flexibility index (Phi) is 7.23. The summed E-state index contributed by atoms with van der Waals surface area (Å²) < 4.78 is 0. The van der Waals surface area contributed by atoms with E-state index in [4.69, 9.17) is 0 Å². The van der Waals surface area contributed by atoms with Crippen LogP contribution in [-0.2, 0) is 4.79 Å². The van der Waals surface area contributed by atoms with Gasteiger partial charge in [-0.05, 0) is 38.2 Å². The molecule has 0 saturated carbocycles. The van der Waals surface area contributed by atoms with Gasteiger partial charge in [0.1, 0.15) is 17.5 Å². The van der Waals surface area contributed by atoms with Crippen molar-refractivity contribution in [1.29, 1.82) is 0 Å². The first-order valence-corrected chi connectivity index (χ1v) is 10.3. The number of benzene rings is 1. The largest absolute Gasteiger partial charge is 0.368 e. The molecule has 1 fully saturated rings. The molecule has 1 unspecified atom stereocenters. The number of nitrogens with zero attached hydrogens (tertiary/aromatic N) is 3. The highest BCUT2D eigenvalue weighted by Crippen LogP contribution is 2.21. The third-order valence-electron chi connectivity index (χ3n) is 5.16. The second-order valence-corrected chi connectivity index (χ2v) is 7.30. The highest BCUT2D eigenvalue weighted by atomic mass is 16.1. The van der Waals surface area contributed by atoms with Crippen molar-refractivity contribution in [3.8, 4) is 0 Å². The summed E-state index contributed by atoms with van der Waals surface area (Å²) in [4.78, 5) is 23.9. The average molecular weight is 382 g/mol. The number of piperidine rings is 1. The van der Waals surface area contributed by atoms with E-state index in [1.165, 1.54) is 19.3 Å². The Morgan fingerprint density at radius 1 is 1.11 bits per heavy atom. The first-order valence-electron chi connectivity index (χ1n) is 10.3. The van der Waals surface area contributed by atoms with Crippen molar-refractivity contribution < 1.29 is 4.79 Å². The summed E-state index contributed by atoms with van der Waals surface area (Å²) in [6.07, 6.45) is 4.52. The van der Waals surface area contributed by atoms with Gasteiger partial charge in [-0.25, -0.2) is 9.97 Å². The van der Waals surface area contributed by atoms with Crippen molar-refractivity contribution in [2.24, 2.45) is 0 Å². The number of aromatic nitrogens is 2. The van der Waals surface area contributed by atoms with E-state index < -0.39 is 0 Å². The van der Waals surface area contributed by atoms with Gasteiger partial charge in [0.05, 0.1) is 5.92 Å². The van der Waals surface area contributed by atoms with Crippen molar-refractivity contribution in [1.82, 2.24) is 15.3 Å². The van der Waals surface area contributed by atoms with Crippen LogP contribution in [0.15, 0.2) is 36.4 Å². The zero-order valence-corrected chi connectivity index (χ0v) is 16.9. The van der Waals surface area contributed by atoms with Crippen LogP contribution in [0.2, 0.25) is 0 Å². The Hall–Kier alpha value is -2.63. The van der Waals surface area contributed by atoms with Gasteiger partial charge >= 0.3 is 0 Å². The number of carbonyl (C=O) groups is 1. The summed E-state index contributed by atoms with van der Waals surface area (Å²) in [6, 6.07) is 12.0. The minimum Gasteiger partial charge on any atom is -0.368 e. The number of aryl methyl sites for hydroxylation is 1. The van der Waals surface area contributed by atoms with E-state index in [0.717, 1.165) is 42.5 Å². The lowest BCUT2D eigenvalue weighted by Crippen LogP contribution is -2.33. The first kappa shape index (κ1) is 20.1. The van der Waals surface area contributed by atoms with Gasteiger partial charge in [-0.3, -0.25) is 4.79 Å². The Morgan fingerprint density at radius 3 is 2.57 bits per heavy atom. The Balaban J connectivity index is 1.50. The molecule has 6 heteroatoms. The molecule has 1 amide bonds. The Bertz CT molecular complexity index is 759. The number of carbonyl (C=O) groups excluding carboxylic acids is 1. The fourth-order valence-corrected chi connectivity index (χ4v) is 3.68. The molecule has 6 nitrogen and oxygen atoms in total. The van der Waals surface area contributed by atoms with Gasteiger partial charge in [-0.1, -0.05) is 37.3 Å². The molecule has 1 saturated heterocycles. The molecule has 1 aromatic carbocycles. The quantitative estimate of drug-likeness (QED) is 0.685. The highest BCUT2D eigenvalue weighted by Gasteiger charge is 2.18. The van der Waals surface area contributed by atoms with E-state index in [2.05, 4.69) is 25.5 Å². The topological polar surface area (TPSA) is 70.2 Å². The van der Waals surface area contributed by atoms with Crippen LogP contribution < -0.4 is 15.5 Å². The second kappa shape index (κ2) is 10.1. The smallest absolute Gasteiger partial charge is 0.227 e. The Morgan fingerprint density at radius 2 is 1.86 bits per heavy atom. The van der Waals surface area contributed by atoms with Gasteiger partial charge in [0.15, 0.2) is 0 Å². The SMILES string of the molecule is CCC(C(=O)NCCNc1cc(N2CCCCC2)nc(C)n1)c1ccccc1. The highest BCUT2D eigenvalue weighted by molar-refractivity contribution is 5.83. The lowest BCUT2D eigenvalue weighted by atomic mass is 9.96. The number of hydrogen-bond donors (Lipinski definition) is 2. The lowest BCUT2D eigenvalue weighted by molar-refractivity contribution is -0.122. The number of nitrogens with one attached hydrogen (secondary N) is 2. The van der Waals surface area contributed by atoms with Crippen molar-refractivity contribution in [3.05, 3.63) is 47.8 Å². The van der Waals surface area contributed by atoms with Crippen molar-refractivity contribution >= 4 is 17.5 Å². The van der Waals surface area contributed by atoms with Crippen LogP contribution in [0, 0.1) is 6.92 Å². The molecule has 0 bridgehead atoms. The third-order valence-corrected chi connectivity index (χ3v) is 5.16. The summed E-state index contributed by atoms with van der Waals surface area (Å²) >= 11 is 0. The zero-order valence-electron chi connectivity index (χ0n) is 16.9. The normalized spacial score (nSPS) is 15.1. The molecule has 2 N–H and O–H groups in total. The van der Waals surface area contributed by atoms with Crippen LogP contribution in [0.4, 0.5) is 11.6 Å². The van der Waals surface area contributed by atoms with Gasteiger partial charge in [0.2, 0.25) is 5.91 Å². The van der Waals surface area contributed by atoms with Crippen LogP contribution in [0.5, 0.6) is 0 Å². The average Bonchev–Trinajstić information content (AvgIpc) is 2.73. The number of hydrogen-bond acceptors (Lipinski definition) is 5. The molecule has 0 spiro atoms. The second-order valence-electron chi connectivity index (χ2n) is 7.30. The molecular formula is C22H31N5O. The molecule has 28 heavy (non-hydrogen) atoms. The standard InChI is InChI=1S/C22H31N5O/c1-3-19(18-10-6-4-7-11-18)22(28)24-13-12-23-20-16-21(26-17(2)25-20)27-14-8-5-9-15-27/h4,6-7,10-11,16,19H,3,5,8-9,12-15H2,1-2H3,(H,24,28)(H,23,25,26). The summed E-state index contributed by atoms with van der Waals surface area (Å²) in [6.45, 7) is 7.28. The Labute approximate surface area is 167 Å². The molecule has 2 aromatic rings. The fourth-order valence-electron chi connectivity index (χ4n) is 3.68. The monoisotopic (exact) mass is 381 g/mol. The third kappa shape index (κ3) is 5.44. The summed E-state index contributed by atoms with van der Waals surface area (Å²) in [7, 11) is 0. The van der Waals surface area contributed by atoms with Gasteiger partial charge in [0, 0.05) is 32.2 Å². The van der Waals surface area contributed by atoms with Crippen molar-refractivity contribution in [3.63, 3.8) is 0 Å². The first-order chi connectivity index (χ1) is 13.7. The number of rotatable bonds is 8. The molecule has 1 atom stereocenters. The minimum absolute atomic E-state index is 0.0726. The van der Waals surface area contributed by atoms with Gasteiger partial charge in [0.25, 0.3) is 0 Å². The summed E-state index contributed by atoms with van der Waals surface area (Å²) in [5.74, 6) is 2.55. The van der Waals surface area contributed by atoms with Crippen LogP contribution in [0.1, 0.15) is 49.9 Å². The predicted molar refractivity (Wildman–Crippen MR) is 114 cm³/mol. The van der Waals surface area contributed by atoms with Crippen LogP contribution in [0.3, 0.4) is 0 Å². The number of anilines is 2. The predicted octanol–water partition coefficient (Wildman–Crippen LogP) is 3.50. The van der Waals surface area contributed by atoms with E-state index in [9.17, 15) is 4.79 Å². The molecule has 1 aliphatic heterocycles. The maximum atomic E-state index is 12.5. The van der Waals surface area contributed by atoms with E-state index in [1.807, 2.05) is 50.2 Å². The van der Waals surface area contributed by atoms with Gasteiger partial charge < -0.3 is 15.5 Å². The van der Waals surface area contributed by atoms with E-state index >= 15 is 0 Å². The molecule has 0 aliphatic carbocycles. The molecule has 2 heterocycles. The van der Waals surface area contributed by atoms with Crippen molar-refractivity contribution in [2.75, 3.05) is 36.4 Å². The van der Waals surface area contributed by atoms with Crippen LogP contribution >= 0.6 is 0 Å². The van der Waals surface area contributed by atoms with Crippen LogP contribution in [-0.4, -0.2) is 42.1 Å². The molecule has 1 aliphatic rings. The minimum atomic E-state index is -0.104. The van der Waals surface area contributed by atoms with Gasteiger partial charge in [-0.2, -0.15) is 0 Å².